The van der Waals surface area contributed by atoms with Gasteiger partial charge < -0.3 is 15.2 Å². The summed E-state index contributed by atoms with van der Waals surface area (Å²) in [6.07, 6.45) is 3.55. The molecule has 0 aliphatic carbocycles. The van der Waals surface area contributed by atoms with E-state index >= 15 is 0 Å². The van der Waals surface area contributed by atoms with Gasteiger partial charge in [-0.15, -0.1) is 0 Å². The number of hydrogen-bond acceptors (Lipinski definition) is 3. The molecule has 0 aliphatic heterocycles. The maximum Gasteiger partial charge on any atom is 0.387 e. The maximum absolute atomic E-state index is 12.1. The van der Waals surface area contributed by atoms with Crippen molar-refractivity contribution in [3.63, 3.8) is 0 Å². The van der Waals surface area contributed by atoms with Gasteiger partial charge in [-0.2, -0.15) is 8.78 Å². The third-order valence-corrected chi connectivity index (χ3v) is 1.93. The molecule has 1 rings (SSSR count). The zero-order valence-electron chi connectivity index (χ0n) is 9.53. The molecule has 0 saturated heterocycles. The van der Waals surface area contributed by atoms with Crippen LogP contribution >= 0.6 is 0 Å². The van der Waals surface area contributed by atoms with Crippen molar-refractivity contribution in [1.82, 2.24) is 0 Å². The van der Waals surface area contributed by atoms with Crippen molar-refractivity contribution in [2.45, 2.75) is 13.5 Å². The van der Waals surface area contributed by atoms with Crippen molar-refractivity contribution in [2.75, 3.05) is 13.2 Å². The summed E-state index contributed by atoms with van der Waals surface area (Å²) in [5, 5.41) is 0. The fraction of sp³-hybridized carbons (Fsp3) is 0.333. The van der Waals surface area contributed by atoms with E-state index in [4.69, 9.17) is 10.5 Å². The molecule has 94 valence electrons. The Kier molecular flexibility index (Phi) is 5.42. The minimum absolute atomic E-state index is 0.0340. The highest BCUT2D eigenvalue weighted by atomic mass is 19.3. The monoisotopic (exact) mass is 243 g/mol. The van der Waals surface area contributed by atoms with Crippen LogP contribution in [0, 0.1) is 0 Å². The van der Waals surface area contributed by atoms with E-state index in [-0.39, 0.29) is 5.75 Å². The number of rotatable bonds is 6. The third-order valence-electron chi connectivity index (χ3n) is 1.93. The topological polar surface area (TPSA) is 44.5 Å². The lowest BCUT2D eigenvalue weighted by molar-refractivity contribution is -0.0514. The molecule has 0 bridgehead atoms. The van der Waals surface area contributed by atoms with Gasteiger partial charge in [0.25, 0.3) is 0 Å². The van der Waals surface area contributed by atoms with Crippen LogP contribution in [-0.4, -0.2) is 19.8 Å². The Morgan fingerprint density at radius 3 is 2.71 bits per heavy atom. The van der Waals surface area contributed by atoms with Crippen LogP contribution in [0.5, 0.6) is 11.5 Å². The molecule has 17 heavy (non-hydrogen) atoms. The van der Waals surface area contributed by atoms with E-state index in [9.17, 15) is 8.78 Å². The van der Waals surface area contributed by atoms with E-state index < -0.39 is 6.61 Å². The smallest absolute Gasteiger partial charge is 0.387 e. The zero-order valence-corrected chi connectivity index (χ0v) is 9.53. The Morgan fingerprint density at radius 1 is 1.35 bits per heavy atom. The molecule has 0 radical (unpaired) electrons. The summed E-state index contributed by atoms with van der Waals surface area (Å²) in [7, 11) is 0. The van der Waals surface area contributed by atoms with Crippen LogP contribution < -0.4 is 15.2 Å². The molecule has 1 aromatic carbocycles. The Morgan fingerprint density at radius 2 is 2.12 bits per heavy atom. The summed E-state index contributed by atoms with van der Waals surface area (Å²) in [6.45, 7) is -0.295. The highest BCUT2D eigenvalue weighted by molar-refractivity contribution is 5.56. The predicted molar refractivity (Wildman–Crippen MR) is 62.3 cm³/mol. The van der Waals surface area contributed by atoms with Crippen LogP contribution in [0.2, 0.25) is 0 Å². The first-order valence-electron chi connectivity index (χ1n) is 5.25. The molecular formula is C12H15F2NO2. The highest BCUT2D eigenvalue weighted by Gasteiger charge is 2.10. The lowest BCUT2D eigenvalue weighted by atomic mass is 10.2. The quantitative estimate of drug-likeness (QED) is 0.835. The van der Waals surface area contributed by atoms with Crippen LogP contribution in [0.4, 0.5) is 8.78 Å². The van der Waals surface area contributed by atoms with Gasteiger partial charge in [0.15, 0.2) is 11.5 Å². The van der Waals surface area contributed by atoms with Gasteiger partial charge in [0.2, 0.25) is 0 Å². The largest absolute Gasteiger partial charge is 0.490 e. The van der Waals surface area contributed by atoms with E-state index in [1.165, 1.54) is 6.07 Å². The van der Waals surface area contributed by atoms with E-state index in [0.29, 0.717) is 18.9 Å². The van der Waals surface area contributed by atoms with E-state index in [1.807, 2.05) is 0 Å². The molecule has 1 aromatic rings. The van der Waals surface area contributed by atoms with E-state index in [1.54, 1.807) is 31.2 Å². The minimum Gasteiger partial charge on any atom is -0.490 e. The van der Waals surface area contributed by atoms with Gasteiger partial charge in [-0.1, -0.05) is 18.2 Å². The van der Waals surface area contributed by atoms with Crippen molar-refractivity contribution >= 4 is 6.08 Å². The fourth-order valence-corrected chi connectivity index (χ4v) is 1.29. The van der Waals surface area contributed by atoms with Gasteiger partial charge >= 0.3 is 6.61 Å². The van der Waals surface area contributed by atoms with Gasteiger partial charge in [0.05, 0.1) is 6.61 Å². The van der Waals surface area contributed by atoms with Gasteiger partial charge in [0, 0.05) is 6.54 Å². The highest BCUT2D eigenvalue weighted by Crippen LogP contribution is 2.30. The number of hydrogen-bond donors (Lipinski definition) is 1. The maximum atomic E-state index is 12.1. The van der Waals surface area contributed by atoms with Crippen molar-refractivity contribution in [3.05, 3.63) is 29.8 Å². The number of ether oxygens (including phenoxy) is 2. The standard InChI is InChI=1S/C12H15F2NO2/c1-2-16-11-8-9(4-3-7-15)5-6-10(11)17-12(13)14/h3-6,8,12H,2,7,15H2,1H3. The Hall–Kier alpha value is -1.62. The molecule has 3 nitrogen and oxygen atoms in total. The Labute approximate surface area is 98.8 Å². The molecule has 0 spiro atoms. The van der Waals surface area contributed by atoms with Crippen molar-refractivity contribution in [2.24, 2.45) is 5.73 Å². The van der Waals surface area contributed by atoms with Crippen LogP contribution in [0.15, 0.2) is 24.3 Å². The van der Waals surface area contributed by atoms with Gasteiger partial charge in [0.1, 0.15) is 0 Å². The number of alkyl halides is 2. The summed E-state index contributed by atoms with van der Waals surface area (Å²) < 4.78 is 33.9. The summed E-state index contributed by atoms with van der Waals surface area (Å²) in [5.74, 6) is 0.332. The summed E-state index contributed by atoms with van der Waals surface area (Å²) >= 11 is 0. The molecule has 0 heterocycles. The predicted octanol–water partition coefficient (Wildman–Crippen LogP) is 2.66. The van der Waals surface area contributed by atoms with Crippen molar-refractivity contribution in [1.29, 1.82) is 0 Å². The SMILES string of the molecule is CCOc1cc(C=CCN)ccc1OC(F)F. The number of halogens is 2. The molecule has 2 N–H and O–H groups in total. The second-order valence-electron chi connectivity index (χ2n) is 3.16. The molecule has 0 aromatic heterocycles. The fourth-order valence-electron chi connectivity index (χ4n) is 1.29. The summed E-state index contributed by atoms with van der Waals surface area (Å²) in [4.78, 5) is 0. The van der Waals surface area contributed by atoms with Crippen molar-refractivity contribution < 1.29 is 18.3 Å². The van der Waals surface area contributed by atoms with Crippen molar-refractivity contribution in [3.8, 4) is 11.5 Å². The lowest BCUT2D eigenvalue weighted by Crippen LogP contribution is -2.04. The molecule has 0 aliphatic rings. The molecule has 5 heteroatoms. The number of nitrogens with two attached hydrogens (primary N) is 1. The first-order valence-corrected chi connectivity index (χ1v) is 5.25. The lowest BCUT2D eigenvalue weighted by Gasteiger charge is -2.11. The molecule has 0 fully saturated rings. The average Bonchev–Trinajstić information content (AvgIpc) is 2.29. The average molecular weight is 243 g/mol. The molecular weight excluding hydrogens is 228 g/mol. The first kappa shape index (κ1) is 13.4. The first-order chi connectivity index (χ1) is 8.17. The summed E-state index contributed by atoms with van der Waals surface area (Å²) in [6, 6.07) is 4.74. The molecule has 0 atom stereocenters. The molecule has 0 saturated carbocycles. The minimum atomic E-state index is -2.86. The second kappa shape index (κ2) is 6.85. The molecule has 0 amide bonds. The molecule has 0 unspecified atom stereocenters. The van der Waals surface area contributed by atoms with Crippen LogP contribution in [0.1, 0.15) is 12.5 Å². The van der Waals surface area contributed by atoms with Crippen LogP contribution in [0.3, 0.4) is 0 Å². The Bertz CT molecular complexity index is 381. The van der Waals surface area contributed by atoms with Gasteiger partial charge in [-0.3, -0.25) is 0 Å². The van der Waals surface area contributed by atoms with E-state index in [2.05, 4.69) is 4.74 Å². The number of benzene rings is 1. The normalized spacial score (nSPS) is 11.1. The second-order valence-corrected chi connectivity index (χ2v) is 3.16. The van der Waals surface area contributed by atoms with Gasteiger partial charge in [-0.25, -0.2) is 0 Å². The van der Waals surface area contributed by atoms with E-state index in [0.717, 1.165) is 5.56 Å². The third kappa shape index (κ3) is 4.40. The van der Waals surface area contributed by atoms with Crippen LogP contribution in [0.25, 0.3) is 6.08 Å². The van der Waals surface area contributed by atoms with Gasteiger partial charge in [-0.05, 0) is 24.6 Å². The van der Waals surface area contributed by atoms with Crippen LogP contribution in [-0.2, 0) is 0 Å². The summed E-state index contributed by atoms with van der Waals surface area (Å²) in [5.41, 5.74) is 6.15. The Balaban J connectivity index is 2.94. The zero-order chi connectivity index (χ0) is 12.7.